The summed E-state index contributed by atoms with van der Waals surface area (Å²) in [5.41, 5.74) is 6.76. The number of carbonyl (C=O) groups excluding carboxylic acids is 1. The lowest BCUT2D eigenvalue weighted by atomic mass is 10.0. The molecule has 0 aliphatic heterocycles. The van der Waals surface area contributed by atoms with Crippen LogP contribution < -0.4 is 5.73 Å². The van der Waals surface area contributed by atoms with Crippen LogP contribution in [0.5, 0.6) is 0 Å². The van der Waals surface area contributed by atoms with Gasteiger partial charge in [-0.25, -0.2) is 0 Å². The summed E-state index contributed by atoms with van der Waals surface area (Å²) < 4.78 is 0. The highest BCUT2D eigenvalue weighted by Gasteiger charge is 2.16. The second kappa shape index (κ2) is 9.54. The van der Waals surface area contributed by atoms with E-state index in [0.29, 0.717) is 25.4 Å². The third kappa shape index (κ3) is 6.20. The second-order valence-corrected chi connectivity index (χ2v) is 5.54. The average molecular weight is 276 g/mol. The van der Waals surface area contributed by atoms with Crippen LogP contribution in [-0.4, -0.2) is 23.9 Å². The number of hydrogen-bond acceptors (Lipinski definition) is 2. The third-order valence-corrected chi connectivity index (χ3v) is 3.51. The molecule has 0 aliphatic carbocycles. The number of hydrogen-bond donors (Lipinski definition) is 1. The van der Waals surface area contributed by atoms with Crippen LogP contribution in [0.4, 0.5) is 0 Å². The summed E-state index contributed by atoms with van der Waals surface area (Å²) in [5.74, 6) is 0.715. The van der Waals surface area contributed by atoms with E-state index < -0.39 is 0 Å². The van der Waals surface area contributed by atoms with Crippen LogP contribution in [-0.2, 0) is 11.3 Å². The molecule has 2 N–H and O–H groups in total. The van der Waals surface area contributed by atoms with Crippen molar-refractivity contribution >= 4 is 5.91 Å². The van der Waals surface area contributed by atoms with Crippen molar-refractivity contribution in [2.75, 3.05) is 13.1 Å². The van der Waals surface area contributed by atoms with Crippen molar-refractivity contribution in [2.24, 2.45) is 11.7 Å². The molecule has 1 amide bonds. The predicted molar refractivity (Wildman–Crippen MR) is 84.2 cm³/mol. The second-order valence-electron chi connectivity index (χ2n) is 5.54. The Morgan fingerprint density at radius 1 is 1.30 bits per heavy atom. The predicted octanol–water partition coefficient (Wildman–Crippen LogP) is 3.19. The molecule has 1 unspecified atom stereocenters. The molecule has 20 heavy (non-hydrogen) atoms. The zero-order chi connectivity index (χ0) is 14.8. The summed E-state index contributed by atoms with van der Waals surface area (Å²) in [7, 11) is 0. The maximum absolute atomic E-state index is 12.4. The highest BCUT2D eigenvalue weighted by Crippen LogP contribution is 2.14. The van der Waals surface area contributed by atoms with Crippen molar-refractivity contribution in [3.63, 3.8) is 0 Å². The normalized spacial score (nSPS) is 12.2. The van der Waals surface area contributed by atoms with Gasteiger partial charge in [0.05, 0.1) is 0 Å². The Hall–Kier alpha value is -1.35. The van der Waals surface area contributed by atoms with Gasteiger partial charge in [-0.2, -0.15) is 0 Å². The zero-order valence-corrected chi connectivity index (χ0v) is 12.8. The Balaban J connectivity index is 2.60. The fraction of sp³-hybridized carbons (Fsp3) is 0.588. The largest absolute Gasteiger partial charge is 0.338 e. The van der Waals surface area contributed by atoms with Crippen molar-refractivity contribution in [3.8, 4) is 0 Å². The first-order chi connectivity index (χ1) is 9.67. The van der Waals surface area contributed by atoms with Gasteiger partial charge >= 0.3 is 0 Å². The van der Waals surface area contributed by atoms with Gasteiger partial charge in [-0.15, -0.1) is 0 Å². The molecule has 1 aromatic rings. The van der Waals surface area contributed by atoms with Gasteiger partial charge in [0.1, 0.15) is 0 Å². The minimum absolute atomic E-state index is 0.253. The van der Waals surface area contributed by atoms with E-state index in [2.05, 4.69) is 26.0 Å². The smallest absolute Gasteiger partial charge is 0.223 e. The molecule has 0 aromatic heterocycles. The quantitative estimate of drug-likeness (QED) is 0.753. The summed E-state index contributed by atoms with van der Waals surface area (Å²) in [6, 6.07) is 10.2. The summed E-state index contributed by atoms with van der Waals surface area (Å²) in [5, 5.41) is 0. The summed E-state index contributed by atoms with van der Waals surface area (Å²) >= 11 is 0. The first-order valence-electron chi connectivity index (χ1n) is 7.69. The number of nitrogens with zero attached hydrogens (tertiary/aromatic N) is 1. The molecule has 112 valence electrons. The van der Waals surface area contributed by atoms with Crippen molar-refractivity contribution in [1.82, 2.24) is 4.90 Å². The van der Waals surface area contributed by atoms with Gasteiger partial charge in [0.15, 0.2) is 0 Å². The molecule has 0 heterocycles. The van der Waals surface area contributed by atoms with E-state index in [9.17, 15) is 4.79 Å². The highest BCUT2D eigenvalue weighted by atomic mass is 16.2. The number of nitrogens with two attached hydrogens (primary N) is 1. The minimum Gasteiger partial charge on any atom is -0.338 e. The lowest BCUT2D eigenvalue weighted by Crippen LogP contribution is -2.33. The van der Waals surface area contributed by atoms with Crippen molar-refractivity contribution in [1.29, 1.82) is 0 Å². The summed E-state index contributed by atoms with van der Waals surface area (Å²) in [6.07, 6.45) is 3.75. The van der Waals surface area contributed by atoms with E-state index in [-0.39, 0.29) is 5.91 Å². The fourth-order valence-corrected chi connectivity index (χ4v) is 2.40. The Labute approximate surface area is 123 Å². The van der Waals surface area contributed by atoms with Crippen LogP contribution in [0.15, 0.2) is 30.3 Å². The Morgan fingerprint density at radius 2 is 2.00 bits per heavy atom. The molecule has 3 nitrogen and oxygen atoms in total. The van der Waals surface area contributed by atoms with Crippen LogP contribution >= 0.6 is 0 Å². The Bertz CT molecular complexity index is 378. The van der Waals surface area contributed by atoms with Gasteiger partial charge in [-0.1, -0.05) is 57.0 Å². The molecular weight excluding hydrogens is 248 g/mol. The van der Waals surface area contributed by atoms with Gasteiger partial charge in [0.25, 0.3) is 0 Å². The molecule has 0 aliphatic rings. The average Bonchev–Trinajstić information content (AvgIpc) is 2.44. The molecule has 0 radical (unpaired) electrons. The van der Waals surface area contributed by atoms with Crippen LogP contribution in [0.3, 0.4) is 0 Å². The van der Waals surface area contributed by atoms with Crippen molar-refractivity contribution < 1.29 is 4.79 Å². The first-order valence-corrected chi connectivity index (χ1v) is 7.69. The molecule has 0 saturated heterocycles. The number of carbonyl (C=O) groups is 1. The van der Waals surface area contributed by atoms with E-state index in [4.69, 9.17) is 5.73 Å². The van der Waals surface area contributed by atoms with E-state index in [1.54, 1.807) is 0 Å². The zero-order valence-electron chi connectivity index (χ0n) is 12.8. The lowest BCUT2D eigenvalue weighted by Gasteiger charge is -2.24. The minimum atomic E-state index is 0.253. The fourth-order valence-electron chi connectivity index (χ4n) is 2.40. The van der Waals surface area contributed by atoms with Crippen molar-refractivity contribution in [2.45, 2.75) is 46.1 Å². The van der Waals surface area contributed by atoms with Crippen LogP contribution in [0.2, 0.25) is 0 Å². The van der Waals surface area contributed by atoms with Gasteiger partial charge in [0, 0.05) is 19.5 Å². The molecule has 0 fully saturated rings. The van der Waals surface area contributed by atoms with Gasteiger partial charge < -0.3 is 10.6 Å². The van der Waals surface area contributed by atoms with E-state index >= 15 is 0 Å². The van der Waals surface area contributed by atoms with Crippen LogP contribution in [0.25, 0.3) is 0 Å². The van der Waals surface area contributed by atoms with Gasteiger partial charge in [-0.3, -0.25) is 4.79 Å². The first kappa shape index (κ1) is 16.7. The standard InChI is InChI=1S/C17H28N2O/c1-3-8-15(2)13-17(20)19(12-7-11-18)14-16-9-5-4-6-10-16/h4-6,9-10,15H,3,7-8,11-14,18H2,1-2H3. The SMILES string of the molecule is CCCC(C)CC(=O)N(CCCN)Cc1ccccc1. The number of rotatable bonds is 9. The van der Waals surface area contributed by atoms with Gasteiger partial charge in [0.2, 0.25) is 5.91 Å². The topological polar surface area (TPSA) is 46.3 Å². The highest BCUT2D eigenvalue weighted by molar-refractivity contribution is 5.76. The maximum atomic E-state index is 12.4. The third-order valence-electron chi connectivity index (χ3n) is 3.51. The monoisotopic (exact) mass is 276 g/mol. The number of amides is 1. The molecule has 1 rings (SSSR count). The van der Waals surface area contributed by atoms with Crippen LogP contribution in [0.1, 0.15) is 45.1 Å². The van der Waals surface area contributed by atoms with E-state index in [1.165, 1.54) is 5.56 Å². The molecule has 0 saturated carbocycles. The van der Waals surface area contributed by atoms with Gasteiger partial charge in [-0.05, 0) is 24.4 Å². The molecule has 0 spiro atoms. The van der Waals surface area contributed by atoms with E-state index in [0.717, 1.165) is 25.8 Å². The van der Waals surface area contributed by atoms with E-state index in [1.807, 2.05) is 23.1 Å². The lowest BCUT2D eigenvalue weighted by molar-refractivity contribution is -0.132. The summed E-state index contributed by atoms with van der Waals surface area (Å²) in [6.45, 7) is 6.40. The van der Waals surface area contributed by atoms with Crippen LogP contribution in [0, 0.1) is 5.92 Å². The molecule has 0 bridgehead atoms. The molecule has 3 heteroatoms. The molecule has 1 atom stereocenters. The molecular formula is C17H28N2O. The van der Waals surface area contributed by atoms with Crippen molar-refractivity contribution in [3.05, 3.63) is 35.9 Å². The Morgan fingerprint density at radius 3 is 2.60 bits per heavy atom. The maximum Gasteiger partial charge on any atom is 0.223 e. The number of benzene rings is 1. The summed E-state index contributed by atoms with van der Waals surface area (Å²) in [4.78, 5) is 14.4. The molecule has 1 aromatic carbocycles. The Kier molecular flexibility index (Phi) is 7.97.